The molecule has 21 heavy (non-hydrogen) atoms. The minimum Gasteiger partial charge on any atom is -0.480 e. The number of rotatable bonds is 6. The predicted octanol–water partition coefficient (Wildman–Crippen LogP) is 1.34. The van der Waals surface area contributed by atoms with E-state index in [1.807, 2.05) is 11.4 Å². The summed E-state index contributed by atoms with van der Waals surface area (Å²) in [7, 11) is 3.07. The van der Waals surface area contributed by atoms with Crippen LogP contribution < -0.4 is 0 Å². The number of carboxylic acids is 1. The number of hydrogen-bond donors (Lipinski definition) is 1. The fourth-order valence-electron chi connectivity index (χ4n) is 1.99. The lowest BCUT2D eigenvalue weighted by Crippen LogP contribution is -2.27. The van der Waals surface area contributed by atoms with E-state index in [0.717, 1.165) is 16.5 Å². The second kappa shape index (κ2) is 6.51. The van der Waals surface area contributed by atoms with Crippen LogP contribution in [-0.4, -0.2) is 60.1 Å². The predicted molar refractivity (Wildman–Crippen MR) is 80.2 cm³/mol. The Hall–Kier alpha value is -2.19. The largest absolute Gasteiger partial charge is 0.480 e. The number of carbonyl (C=O) groups is 2. The molecule has 2 aromatic rings. The number of aliphatic carboxylic acids is 1. The highest BCUT2D eigenvalue weighted by Gasteiger charge is 2.15. The lowest BCUT2D eigenvalue weighted by atomic mass is 10.4. The fraction of sp³-hybridized carbons (Fsp3) is 0.308. The van der Waals surface area contributed by atoms with Gasteiger partial charge in [0.2, 0.25) is 0 Å². The van der Waals surface area contributed by atoms with Gasteiger partial charge in [0.1, 0.15) is 18.0 Å². The van der Waals surface area contributed by atoms with Crippen LogP contribution in [0.1, 0.15) is 10.5 Å². The van der Waals surface area contributed by atoms with Crippen molar-refractivity contribution in [2.45, 2.75) is 0 Å². The first kappa shape index (κ1) is 15.2. The molecule has 0 atom stereocenters. The van der Waals surface area contributed by atoms with E-state index < -0.39 is 5.97 Å². The van der Waals surface area contributed by atoms with Gasteiger partial charge in [-0.3, -0.25) is 19.2 Å². The van der Waals surface area contributed by atoms with Gasteiger partial charge in [-0.1, -0.05) is 0 Å². The molecule has 8 heteroatoms. The van der Waals surface area contributed by atoms with Crippen LogP contribution in [0, 0.1) is 0 Å². The molecule has 0 amide bonds. The van der Waals surface area contributed by atoms with E-state index in [9.17, 15) is 9.59 Å². The number of nitrogens with zero attached hydrogens (tertiary/aromatic N) is 3. The normalized spacial score (nSPS) is 11.8. The molecule has 2 heterocycles. The van der Waals surface area contributed by atoms with Crippen LogP contribution >= 0.6 is 11.3 Å². The van der Waals surface area contributed by atoms with Crippen LogP contribution in [-0.2, 0) is 9.53 Å². The van der Waals surface area contributed by atoms with Crippen molar-refractivity contribution < 1.29 is 19.4 Å². The molecule has 0 spiro atoms. The molecule has 0 bridgehead atoms. The topological polar surface area (TPSA) is 84.1 Å². The quantitative estimate of drug-likeness (QED) is 0.377. The van der Waals surface area contributed by atoms with Crippen molar-refractivity contribution in [3.63, 3.8) is 0 Å². The molecular formula is C13H15N3O4S. The van der Waals surface area contributed by atoms with Gasteiger partial charge in [-0.2, -0.15) is 5.10 Å². The number of methoxy groups -OCH3 is 1. The molecule has 0 aromatic carbocycles. The van der Waals surface area contributed by atoms with Crippen molar-refractivity contribution in [3.8, 4) is 0 Å². The van der Waals surface area contributed by atoms with Crippen molar-refractivity contribution in [2.75, 3.05) is 27.3 Å². The first-order chi connectivity index (χ1) is 10.1. The van der Waals surface area contributed by atoms with Gasteiger partial charge in [0, 0.05) is 19.5 Å². The Labute approximate surface area is 125 Å². The summed E-state index contributed by atoms with van der Waals surface area (Å²) >= 11 is 1.48. The molecule has 2 aromatic heterocycles. The molecule has 0 aliphatic heterocycles. The van der Waals surface area contributed by atoms with Gasteiger partial charge in [0.05, 0.1) is 5.69 Å². The second-order valence-corrected chi connectivity index (χ2v) is 5.26. The summed E-state index contributed by atoms with van der Waals surface area (Å²) in [5.41, 5.74) is 0.455. The number of hydrogen-bond acceptors (Lipinski definition) is 6. The smallest absolute Gasteiger partial charge is 0.324 e. The first-order valence-corrected chi connectivity index (χ1v) is 6.98. The Balaban J connectivity index is 2.48. The zero-order chi connectivity index (χ0) is 15.4. The Morgan fingerprint density at radius 2 is 2.38 bits per heavy atom. The lowest BCUT2D eigenvalue weighted by Gasteiger charge is -2.15. The average Bonchev–Trinajstić information content (AvgIpc) is 2.96. The van der Waals surface area contributed by atoms with Gasteiger partial charge in [-0.15, -0.1) is 11.3 Å². The number of fused-ring (bicyclic) bond motifs is 1. The van der Waals surface area contributed by atoms with Crippen molar-refractivity contribution >= 4 is 39.6 Å². The van der Waals surface area contributed by atoms with Crippen LogP contribution in [0.25, 0.3) is 10.2 Å². The summed E-state index contributed by atoms with van der Waals surface area (Å²) in [6.45, 7) is -0.0784. The van der Waals surface area contributed by atoms with E-state index in [4.69, 9.17) is 9.84 Å². The molecule has 0 fully saturated rings. The number of thiophene rings is 1. The zero-order valence-electron chi connectivity index (χ0n) is 11.6. The first-order valence-electron chi connectivity index (χ1n) is 6.10. The van der Waals surface area contributed by atoms with Crippen LogP contribution in [0.3, 0.4) is 0 Å². The number of aromatic nitrogens is 1. The van der Waals surface area contributed by atoms with E-state index in [2.05, 4.69) is 5.10 Å². The molecule has 2 rings (SSSR count). The summed E-state index contributed by atoms with van der Waals surface area (Å²) in [6.07, 6.45) is 0.745. The van der Waals surface area contributed by atoms with Gasteiger partial charge < -0.3 is 9.84 Å². The number of carboxylic acid groups (broad SMARTS) is 1. The standard InChI is InChI=1S/C13H15N3O4S/c1-15(6-12(18)19)14-11(8-20-2)16-10(7-17)5-9-3-4-21-13(9)16/h3-5,7H,6,8H2,1-2H3,(H,18,19)/b14-11-. The highest BCUT2D eigenvalue weighted by Crippen LogP contribution is 2.24. The number of hydrazone groups is 1. The maximum atomic E-state index is 11.2. The van der Waals surface area contributed by atoms with E-state index in [1.54, 1.807) is 17.7 Å². The SMILES string of the molecule is COC/C(=N/N(C)CC(=O)O)n1c(C=O)cc2ccsc21. The highest BCUT2D eigenvalue weighted by atomic mass is 32.1. The van der Waals surface area contributed by atoms with Gasteiger partial charge in [-0.05, 0) is 17.5 Å². The van der Waals surface area contributed by atoms with Crippen molar-refractivity contribution in [2.24, 2.45) is 5.10 Å². The van der Waals surface area contributed by atoms with E-state index in [-0.39, 0.29) is 13.2 Å². The Morgan fingerprint density at radius 3 is 3.00 bits per heavy atom. The zero-order valence-corrected chi connectivity index (χ0v) is 12.5. The Bertz CT molecular complexity index is 689. The molecule has 0 aliphatic rings. The third kappa shape index (κ3) is 3.29. The fourth-order valence-corrected chi connectivity index (χ4v) is 2.92. The molecule has 7 nitrogen and oxygen atoms in total. The van der Waals surface area contributed by atoms with Gasteiger partial charge in [0.15, 0.2) is 12.1 Å². The minimum atomic E-state index is -0.984. The third-order valence-corrected chi connectivity index (χ3v) is 3.66. The summed E-state index contributed by atoms with van der Waals surface area (Å²) in [5, 5.41) is 17.2. The highest BCUT2D eigenvalue weighted by molar-refractivity contribution is 7.17. The minimum absolute atomic E-state index is 0.159. The average molecular weight is 309 g/mol. The summed E-state index contributed by atoms with van der Waals surface area (Å²) < 4.78 is 6.81. The number of carbonyl (C=O) groups excluding carboxylic acids is 1. The van der Waals surface area contributed by atoms with Crippen molar-refractivity contribution in [3.05, 3.63) is 23.2 Å². The van der Waals surface area contributed by atoms with Crippen LogP contribution in [0.15, 0.2) is 22.6 Å². The van der Waals surface area contributed by atoms with Gasteiger partial charge in [-0.25, -0.2) is 0 Å². The monoisotopic (exact) mass is 309 g/mol. The maximum Gasteiger partial charge on any atom is 0.324 e. The van der Waals surface area contributed by atoms with Crippen molar-refractivity contribution in [1.82, 2.24) is 9.58 Å². The number of aldehydes is 1. The second-order valence-electron chi connectivity index (χ2n) is 4.36. The summed E-state index contributed by atoms with van der Waals surface area (Å²) in [4.78, 5) is 22.8. The van der Waals surface area contributed by atoms with Crippen LogP contribution in [0.5, 0.6) is 0 Å². The third-order valence-electron chi connectivity index (χ3n) is 2.74. The maximum absolute atomic E-state index is 11.2. The van der Waals surface area contributed by atoms with Crippen LogP contribution in [0.4, 0.5) is 0 Å². The molecule has 0 aliphatic carbocycles. The van der Waals surface area contributed by atoms with Crippen LogP contribution in [0.2, 0.25) is 0 Å². The number of likely N-dealkylation sites (N-methyl/N-ethyl adjacent to an activating group) is 1. The van der Waals surface area contributed by atoms with E-state index >= 15 is 0 Å². The summed E-state index contributed by atoms with van der Waals surface area (Å²) in [5.74, 6) is -0.525. The summed E-state index contributed by atoms with van der Waals surface area (Å²) in [6, 6.07) is 3.68. The van der Waals surface area contributed by atoms with E-state index in [1.165, 1.54) is 23.5 Å². The molecule has 0 saturated carbocycles. The van der Waals surface area contributed by atoms with E-state index in [0.29, 0.717) is 11.5 Å². The van der Waals surface area contributed by atoms with Gasteiger partial charge >= 0.3 is 5.97 Å². The molecule has 0 radical (unpaired) electrons. The number of ether oxygens (including phenoxy) is 1. The lowest BCUT2D eigenvalue weighted by molar-refractivity contribution is -0.137. The molecule has 1 N–H and O–H groups in total. The van der Waals surface area contributed by atoms with Gasteiger partial charge in [0.25, 0.3) is 0 Å². The molecular weight excluding hydrogens is 294 g/mol. The molecule has 0 unspecified atom stereocenters. The Morgan fingerprint density at radius 1 is 1.62 bits per heavy atom. The molecule has 112 valence electrons. The molecule has 0 saturated heterocycles. The van der Waals surface area contributed by atoms with Crippen molar-refractivity contribution in [1.29, 1.82) is 0 Å². The Kier molecular flexibility index (Phi) is 4.71.